The van der Waals surface area contributed by atoms with Crippen LogP contribution in [0.3, 0.4) is 0 Å². The van der Waals surface area contributed by atoms with E-state index in [0.717, 1.165) is 5.69 Å². The first kappa shape index (κ1) is 12.8. The molecule has 1 aromatic rings. The summed E-state index contributed by atoms with van der Waals surface area (Å²) in [6.07, 6.45) is 0. The van der Waals surface area contributed by atoms with E-state index in [1.165, 1.54) is 0 Å². The van der Waals surface area contributed by atoms with E-state index in [2.05, 4.69) is 19.6 Å². The summed E-state index contributed by atoms with van der Waals surface area (Å²) in [6, 6.07) is 9.77. The van der Waals surface area contributed by atoms with Crippen molar-refractivity contribution in [2.75, 3.05) is 19.0 Å². The normalized spacial score (nSPS) is 11.1. The van der Waals surface area contributed by atoms with Crippen LogP contribution in [0, 0.1) is 0 Å². The molecule has 1 aromatic carbocycles. The lowest BCUT2D eigenvalue weighted by Crippen LogP contribution is -2.51. The monoisotopic (exact) mass is 236 g/mol. The zero-order chi connectivity index (χ0) is 12.3. The van der Waals surface area contributed by atoms with Gasteiger partial charge in [0.25, 0.3) is 0 Å². The van der Waals surface area contributed by atoms with Gasteiger partial charge in [0.05, 0.1) is 0 Å². The Hall–Kier alpha value is -1.29. The largest absolute Gasteiger partial charge is 0.355 e. The van der Waals surface area contributed by atoms with Crippen molar-refractivity contribution in [1.29, 1.82) is 0 Å². The van der Waals surface area contributed by atoms with Crippen molar-refractivity contribution >= 4 is 20.0 Å². The third-order valence-electron chi connectivity index (χ3n) is 2.72. The van der Waals surface area contributed by atoms with E-state index in [9.17, 15) is 4.79 Å². The van der Waals surface area contributed by atoms with Crippen LogP contribution in [0.4, 0.5) is 10.5 Å². The van der Waals surface area contributed by atoms with Crippen LogP contribution in [0.1, 0.15) is 0 Å². The number of rotatable bonds is 2. The number of carbonyl (C=O) groups is 1. The molecule has 0 bridgehead atoms. The fourth-order valence-corrected chi connectivity index (χ4v) is 2.00. The Morgan fingerprint density at radius 2 is 1.56 bits per heavy atom. The number of amides is 2. The first-order valence-electron chi connectivity index (χ1n) is 5.40. The zero-order valence-corrected chi connectivity index (χ0v) is 11.7. The molecule has 2 amide bonds. The van der Waals surface area contributed by atoms with Crippen molar-refractivity contribution < 1.29 is 4.79 Å². The van der Waals surface area contributed by atoms with E-state index in [1.807, 2.05) is 49.0 Å². The minimum Gasteiger partial charge on any atom is -0.355 e. The SMILES string of the molecule is CN(C(=O)N(C)[Si](C)(C)C)c1ccccc1. The minimum atomic E-state index is -1.58. The standard InChI is InChI=1S/C12H20N2OSi/c1-13(11-9-7-6-8-10-11)12(15)14(2)16(3,4)5/h6-10H,1-5H3. The maximum Gasteiger partial charge on any atom is 0.315 e. The number of hydrogen-bond acceptors (Lipinski definition) is 1. The molecule has 0 fully saturated rings. The van der Waals surface area contributed by atoms with Crippen molar-refractivity contribution in [2.24, 2.45) is 0 Å². The van der Waals surface area contributed by atoms with Crippen molar-refractivity contribution in [1.82, 2.24) is 4.57 Å². The van der Waals surface area contributed by atoms with E-state index in [1.54, 1.807) is 4.90 Å². The molecule has 0 spiro atoms. The topological polar surface area (TPSA) is 23.6 Å². The van der Waals surface area contributed by atoms with Gasteiger partial charge in [-0.1, -0.05) is 37.8 Å². The molecule has 0 saturated heterocycles. The molecule has 0 unspecified atom stereocenters. The van der Waals surface area contributed by atoms with Gasteiger partial charge < -0.3 is 4.57 Å². The fraction of sp³-hybridized carbons (Fsp3) is 0.417. The van der Waals surface area contributed by atoms with E-state index in [4.69, 9.17) is 0 Å². The predicted molar refractivity (Wildman–Crippen MR) is 71.4 cm³/mol. The fourth-order valence-electron chi connectivity index (χ4n) is 1.27. The lowest BCUT2D eigenvalue weighted by molar-refractivity contribution is 0.234. The van der Waals surface area contributed by atoms with Gasteiger partial charge in [-0.15, -0.1) is 0 Å². The molecule has 88 valence electrons. The van der Waals surface area contributed by atoms with Crippen LogP contribution in [0.25, 0.3) is 0 Å². The number of anilines is 1. The Labute approximate surface area is 98.8 Å². The third kappa shape index (κ3) is 2.85. The van der Waals surface area contributed by atoms with Gasteiger partial charge in [0.1, 0.15) is 0 Å². The lowest BCUT2D eigenvalue weighted by Gasteiger charge is -2.33. The Bertz CT molecular complexity index is 359. The molecule has 3 nitrogen and oxygen atoms in total. The molecule has 0 aliphatic heterocycles. The van der Waals surface area contributed by atoms with Gasteiger partial charge in [-0.25, -0.2) is 4.79 Å². The maximum absolute atomic E-state index is 12.2. The van der Waals surface area contributed by atoms with Crippen LogP contribution in [-0.4, -0.2) is 32.9 Å². The first-order valence-corrected chi connectivity index (χ1v) is 8.85. The number of para-hydroxylation sites is 1. The molecule has 1 rings (SSSR count). The summed E-state index contributed by atoms with van der Waals surface area (Å²) in [4.78, 5) is 13.9. The van der Waals surface area contributed by atoms with Gasteiger partial charge in [0.2, 0.25) is 0 Å². The summed E-state index contributed by atoms with van der Waals surface area (Å²) >= 11 is 0. The van der Waals surface area contributed by atoms with Crippen LogP contribution in [0.2, 0.25) is 19.6 Å². The molecule has 0 N–H and O–H groups in total. The quantitative estimate of drug-likeness (QED) is 0.724. The highest BCUT2D eigenvalue weighted by atomic mass is 28.3. The van der Waals surface area contributed by atoms with Gasteiger partial charge in [0.15, 0.2) is 8.24 Å². The predicted octanol–water partition coefficient (Wildman–Crippen LogP) is 3.01. The summed E-state index contributed by atoms with van der Waals surface area (Å²) in [6.45, 7) is 6.47. The average molecular weight is 236 g/mol. The number of benzene rings is 1. The van der Waals surface area contributed by atoms with Crippen molar-refractivity contribution in [3.8, 4) is 0 Å². The van der Waals surface area contributed by atoms with Gasteiger partial charge in [-0.05, 0) is 12.1 Å². The molecule has 16 heavy (non-hydrogen) atoms. The summed E-state index contributed by atoms with van der Waals surface area (Å²) in [5.74, 6) is 0. The molecule has 0 heterocycles. The van der Waals surface area contributed by atoms with Crippen LogP contribution in [0.5, 0.6) is 0 Å². The van der Waals surface area contributed by atoms with Crippen molar-refractivity contribution in [2.45, 2.75) is 19.6 Å². The van der Waals surface area contributed by atoms with Gasteiger partial charge in [0, 0.05) is 19.8 Å². The number of nitrogens with zero attached hydrogens (tertiary/aromatic N) is 2. The highest BCUT2D eigenvalue weighted by Crippen LogP contribution is 2.15. The maximum atomic E-state index is 12.2. The Morgan fingerprint density at radius 1 is 1.06 bits per heavy atom. The molecule has 0 aliphatic carbocycles. The van der Waals surface area contributed by atoms with E-state index in [0.29, 0.717) is 0 Å². The van der Waals surface area contributed by atoms with Gasteiger partial charge in [-0.3, -0.25) is 4.90 Å². The number of hydrogen-bond donors (Lipinski definition) is 0. The summed E-state index contributed by atoms with van der Waals surface area (Å²) in [5, 5.41) is 0. The van der Waals surface area contributed by atoms with E-state index < -0.39 is 8.24 Å². The van der Waals surface area contributed by atoms with E-state index >= 15 is 0 Å². The average Bonchev–Trinajstić information content (AvgIpc) is 2.26. The van der Waals surface area contributed by atoms with Gasteiger partial charge >= 0.3 is 6.03 Å². The summed E-state index contributed by atoms with van der Waals surface area (Å²) < 4.78 is 1.88. The third-order valence-corrected chi connectivity index (χ3v) is 4.93. The second-order valence-corrected chi connectivity index (χ2v) is 9.92. The van der Waals surface area contributed by atoms with E-state index in [-0.39, 0.29) is 6.03 Å². The molecule has 0 atom stereocenters. The zero-order valence-electron chi connectivity index (χ0n) is 10.7. The molecule has 0 aliphatic rings. The van der Waals surface area contributed by atoms with Crippen LogP contribution >= 0.6 is 0 Å². The van der Waals surface area contributed by atoms with Crippen molar-refractivity contribution in [3.63, 3.8) is 0 Å². The smallest absolute Gasteiger partial charge is 0.315 e. The Morgan fingerprint density at radius 3 is 2.00 bits per heavy atom. The lowest BCUT2D eigenvalue weighted by atomic mass is 10.3. The molecule has 0 saturated carbocycles. The highest BCUT2D eigenvalue weighted by molar-refractivity contribution is 6.75. The molecular weight excluding hydrogens is 216 g/mol. The highest BCUT2D eigenvalue weighted by Gasteiger charge is 2.27. The van der Waals surface area contributed by atoms with Gasteiger partial charge in [-0.2, -0.15) is 0 Å². The molecule has 0 aromatic heterocycles. The summed E-state index contributed by atoms with van der Waals surface area (Å²) in [5.41, 5.74) is 0.928. The van der Waals surface area contributed by atoms with Crippen LogP contribution in [0.15, 0.2) is 30.3 Å². The molecule has 4 heteroatoms. The molecular formula is C12H20N2OSi. The first-order chi connectivity index (χ1) is 7.34. The Balaban J connectivity index is 2.84. The van der Waals surface area contributed by atoms with Crippen LogP contribution < -0.4 is 4.90 Å². The number of urea groups is 1. The second kappa shape index (κ2) is 4.70. The van der Waals surface area contributed by atoms with Crippen LogP contribution in [-0.2, 0) is 0 Å². The second-order valence-electron chi connectivity index (χ2n) is 4.91. The Kier molecular flexibility index (Phi) is 3.75. The molecule has 0 radical (unpaired) electrons. The summed E-state index contributed by atoms with van der Waals surface area (Å²) in [7, 11) is 2.12. The minimum absolute atomic E-state index is 0.0605. The van der Waals surface area contributed by atoms with Crippen molar-refractivity contribution in [3.05, 3.63) is 30.3 Å². The number of carbonyl (C=O) groups excluding carboxylic acids is 1.